The summed E-state index contributed by atoms with van der Waals surface area (Å²) in [7, 11) is 0. The molecule has 0 fully saturated rings. The average Bonchev–Trinajstić information content (AvgIpc) is 2.53. The molecule has 0 spiro atoms. The van der Waals surface area contributed by atoms with E-state index in [1.165, 1.54) is 0 Å². The van der Waals surface area contributed by atoms with Crippen LogP contribution in [0.3, 0.4) is 0 Å². The van der Waals surface area contributed by atoms with E-state index in [1.807, 2.05) is 6.07 Å². The van der Waals surface area contributed by atoms with Gasteiger partial charge in [0.15, 0.2) is 6.61 Å². The molecule has 0 aliphatic rings. The summed E-state index contributed by atoms with van der Waals surface area (Å²) in [5, 5.41) is 20.7. The van der Waals surface area contributed by atoms with Crippen molar-refractivity contribution < 1.29 is 14.6 Å². The van der Waals surface area contributed by atoms with Gasteiger partial charge in [-0.1, -0.05) is 22.0 Å². The molecular weight excluding hydrogens is 348 g/mol. The molecule has 2 aromatic carbocycles. The molecule has 0 unspecified atom stereocenters. The van der Waals surface area contributed by atoms with E-state index in [-0.39, 0.29) is 19.1 Å². The second kappa shape index (κ2) is 7.59. The lowest BCUT2D eigenvalue weighted by Crippen LogP contribution is -2.20. The molecule has 0 bridgehead atoms. The van der Waals surface area contributed by atoms with Crippen LogP contribution in [0.2, 0.25) is 0 Å². The van der Waals surface area contributed by atoms with Gasteiger partial charge in [-0.05, 0) is 36.4 Å². The van der Waals surface area contributed by atoms with Crippen LogP contribution in [0.5, 0.6) is 5.75 Å². The number of amides is 1. The molecule has 2 aromatic rings. The number of halogens is 1. The van der Waals surface area contributed by atoms with E-state index in [9.17, 15) is 9.90 Å². The Hall–Kier alpha value is -2.36. The molecule has 0 heterocycles. The molecule has 2 rings (SSSR count). The van der Waals surface area contributed by atoms with Crippen molar-refractivity contribution in [1.82, 2.24) is 0 Å². The smallest absolute Gasteiger partial charge is 0.262 e. The molecule has 0 saturated carbocycles. The highest BCUT2D eigenvalue weighted by Crippen LogP contribution is 2.23. The van der Waals surface area contributed by atoms with Crippen molar-refractivity contribution in [1.29, 1.82) is 5.26 Å². The Morgan fingerprint density at radius 3 is 2.86 bits per heavy atom. The van der Waals surface area contributed by atoms with E-state index < -0.39 is 0 Å². The van der Waals surface area contributed by atoms with E-state index in [2.05, 4.69) is 21.2 Å². The predicted octanol–water partition coefficient (Wildman–Crippen LogP) is 2.83. The Bertz CT molecular complexity index is 726. The van der Waals surface area contributed by atoms with Gasteiger partial charge in [-0.25, -0.2) is 0 Å². The summed E-state index contributed by atoms with van der Waals surface area (Å²) in [6, 6.07) is 13.8. The van der Waals surface area contributed by atoms with Crippen molar-refractivity contribution in [3.63, 3.8) is 0 Å². The number of carbonyl (C=O) groups excluding carboxylic acids is 1. The molecule has 1 amide bonds. The van der Waals surface area contributed by atoms with E-state index >= 15 is 0 Å². The topological polar surface area (TPSA) is 82.4 Å². The molecule has 0 radical (unpaired) electrons. The van der Waals surface area contributed by atoms with Crippen LogP contribution in [0.1, 0.15) is 11.1 Å². The van der Waals surface area contributed by atoms with Gasteiger partial charge in [0.2, 0.25) is 0 Å². The number of benzene rings is 2. The Morgan fingerprint density at radius 2 is 2.14 bits per heavy atom. The van der Waals surface area contributed by atoms with Crippen LogP contribution in [0.25, 0.3) is 0 Å². The quantitative estimate of drug-likeness (QED) is 0.858. The number of hydrogen-bond donors (Lipinski definition) is 2. The van der Waals surface area contributed by atoms with Crippen molar-refractivity contribution in [2.75, 3.05) is 11.9 Å². The number of hydrogen-bond acceptors (Lipinski definition) is 4. The molecule has 22 heavy (non-hydrogen) atoms. The number of nitrogens with one attached hydrogen (secondary N) is 1. The zero-order valence-corrected chi connectivity index (χ0v) is 13.1. The first-order chi connectivity index (χ1) is 10.6. The van der Waals surface area contributed by atoms with Crippen LogP contribution in [0.15, 0.2) is 46.9 Å². The molecular formula is C16H13BrN2O3. The summed E-state index contributed by atoms with van der Waals surface area (Å²) in [6.45, 7) is -0.369. The van der Waals surface area contributed by atoms with E-state index in [4.69, 9.17) is 10.00 Å². The SMILES string of the molecule is N#Cc1cccc(NC(=O)COc2ccc(Br)cc2CO)c1. The van der Waals surface area contributed by atoms with Crippen LogP contribution in [0.4, 0.5) is 5.69 Å². The lowest BCUT2D eigenvalue weighted by atomic mass is 10.2. The first-order valence-corrected chi connectivity index (χ1v) is 7.24. The number of carbonyl (C=O) groups is 1. The van der Waals surface area contributed by atoms with E-state index in [0.29, 0.717) is 22.6 Å². The van der Waals surface area contributed by atoms with Crippen LogP contribution < -0.4 is 10.1 Å². The fourth-order valence-electron chi connectivity index (χ4n) is 1.82. The number of aliphatic hydroxyl groups is 1. The number of anilines is 1. The molecule has 6 heteroatoms. The molecule has 0 saturated heterocycles. The van der Waals surface area contributed by atoms with Gasteiger partial charge in [-0.3, -0.25) is 4.79 Å². The second-order valence-electron chi connectivity index (χ2n) is 4.44. The van der Waals surface area contributed by atoms with E-state index in [0.717, 1.165) is 4.47 Å². The fraction of sp³-hybridized carbons (Fsp3) is 0.125. The Labute approximate surface area is 136 Å². The molecule has 5 nitrogen and oxygen atoms in total. The highest BCUT2D eigenvalue weighted by molar-refractivity contribution is 9.10. The number of ether oxygens (including phenoxy) is 1. The minimum atomic E-state index is -0.345. The van der Waals surface area contributed by atoms with Gasteiger partial charge in [-0.15, -0.1) is 0 Å². The fourth-order valence-corrected chi connectivity index (χ4v) is 2.23. The third-order valence-corrected chi connectivity index (χ3v) is 3.32. The standard InChI is InChI=1S/C16H13BrN2O3/c17-13-4-5-15(12(7-13)9-20)22-10-16(21)19-14-3-1-2-11(6-14)8-18/h1-7,20H,9-10H2,(H,19,21). The number of aliphatic hydroxyl groups excluding tert-OH is 1. The minimum absolute atomic E-state index is 0.180. The van der Waals surface area contributed by atoms with Gasteiger partial charge in [0.1, 0.15) is 5.75 Å². The first-order valence-electron chi connectivity index (χ1n) is 6.44. The largest absolute Gasteiger partial charge is 0.483 e. The van der Waals surface area contributed by atoms with Crippen LogP contribution in [-0.4, -0.2) is 17.6 Å². The highest BCUT2D eigenvalue weighted by Gasteiger charge is 2.08. The summed E-state index contributed by atoms with van der Waals surface area (Å²) in [5.74, 6) is 0.105. The van der Waals surface area contributed by atoms with Crippen LogP contribution in [0, 0.1) is 11.3 Å². The summed E-state index contributed by atoms with van der Waals surface area (Å²) in [5.41, 5.74) is 1.59. The molecule has 0 aliphatic heterocycles. The molecule has 2 N–H and O–H groups in total. The van der Waals surface area contributed by atoms with Crippen LogP contribution in [-0.2, 0) is 11.4 Å². The zero-order chi connectivity index (χ0) is 15.9. The summed E-state index contributed by atoms with van der Waals surface area (Å²) in [4.78, 5) is 11.9. The van der Waals surface area contributed by atoms with Crippen molar-refractivity contribution >= 4 is 27.5 Å². The van der Waals surface area contributed by atoms with Gasteiger partial charge in [0.25, 0.3) is 5.91 Å². The van der Waals surface area contributed by atoms with Gasteiger partial charge in [0, 0.05) is 15.7 Å². The van der Waals surface area contributed by atoms with E-state index in [1.54, 1.807) is 42.5 Å². The molecule has 0 aliphatic carbocycles. The summed E-state index contributed by atoms with van der Waals surface area (Å²) in [6.07, 6.45) is 0. The van der Waals surface area contributed by atoms with Crippen molar-refractivity contribution in [3.8, 4) is 11.8 Å². The van der Waals surface area contributed by atoms with Gasteiger partial charge < -0.3 is 15.2 Å². The maximum absolute atomic E-state index is 11.9. The Kier molecular flexibility index (Phi) is 5.53. The third kappa shape index (κ3) is 4.32. The minimum Gasteiger partial charge on any atom is -0.483 e. The monoisotopic (exact) mass is 360 g/mol. The van der Waals surface area contributed by atoms with Crippen molar-refractivity contribution in [2.45, 2.75) is 6.61 Å². The lowest BCUT2D eigenvalue weighted by molar-refractivity contribution is -0.118. The first kappa shape index (κ1) is 16.0. The number of rotatable bonds is 5. The molecule has 0 atom stereocenters. The zero-order valence-electron chi connectivity index (χ0n) is 11.5. The number of nitriles is 1. The predicted molar refractivity (Wildman–Crippen MR) is 85.3 cm³/mol. The normalized spacial score (nSPS) is 9.86. The molecule has 0 aromatic heterocycles. The van der Waals surface area contributed by atoms with Gasteiger partial charge in [-0.2, -0.15) is 5.26 Å². The van der Waals surface area contributed by atoms with Crippen molar-refractivity contribution in [2.24, 2.45) is 0 Å². The third-order valence-electron chi connectivity index (χ3n) is 2.83. The lowest BCUT2D eigenvalue weighted by Gasteiger charge is -2.11. The van der Waals surface area contributed by atoms with Gasteiger partial charge in [0.05, 0.1) is 18.2 Å². The number of nitrogens with zero attached hydrogens (tertiary/aromatic N) is 1. The maximum atomic E-state index is 11.9. The maximum Gasteiger partial charge on any atom is 0.262 e. The summed E-state index contributed by atoms with van der Waals surface area (Å²) < 4.78 is 6.24. The van der Waals surface area contributed by atoms with Gasteiger partial charge >= 0.3 is 0 Å². The molecule has 112 valence electrons. The summed E-state index contributed by atoms with van der Waals surface area (Å²) >= 11 is 3.30. The Balaban J connectivity index is 1.97. The average molecular weight is 361 g/mol. The highest BCUT2D eigenvalue weighted by atomic mass is 79.9. The van der Waals surface area contributed by atoms with Crippen LogP contribution >= 0.6 is 15.9 Å². The van der Waals surface area contributed by atoms with Crippen molar-refractivity contribution in [3.05, 3.63) is 58.1 Å². The second-order valence-corrected chi connectivity index (χ2v) is 5.36. The Morgan fingerprint density at radius 1 is 1.32 bits per heavy atom.